The molecule has 31 heavy (non-hydrogen) atoms. The first-order valence-electron chi connectivity index (χ1n) is 9.95. The molecular formula is C23H23N3O4S. The lowest BCUT2D eigenvalue weighted by Crippen LogP contribution is -2.22. The van der Waals surface area contributed by atoms with Gasteiger partial charge in [-0.25, -0.2) is 4.79 Å². The van der Waals surface area contributed by atoms with Crippen molar-refractivity contribution in [2.75, 3.05) is 11.9 Å². The van der Waals surface area contributed by atoms with Crippen LogP contribution in [0.15, 0.2) is 40.6 Å². The number of aromatic nitrogens is 1. The number of fused-ring (bicyclic) bond motifs is 1. The molecule has 7 nitrogen and oxygen atoms in total. The van der Waals surface area contributed by atoms with E-state index in [0.29, 0.717) is 33.8 Å². The quantitative estimate of drug-likeness (QED) is 0.564. The number of anilines is 1. The van der Waals surface area contributed by atoms with Crippen LogP contribution in [0.3, 0.4) is 0 Å². The minimum Gasteiger partial charge on any atom is -0.462 e. The van der Waals surface area contributed by atoms with E-state index in [0.717, 1.165) is 5.56 Å². The van der Waals surface area contributed by atoms with Crippen molar-refractivity contribution in [2.45, 2.75) is 33.7 Å². The van der Waals surface area contributed by atoms with Crippen LogP contribution in [0.25, 0.3) is 10.9 Å². The number of ether oxygens (including phenoxy) is 1. The first kappa shape index (κ1) is 22.2. The van der Waals surface area contributed by atoms with Gasteiger partial charge in [-0.15, -0.1) is 11.3 Å². The van der Waals surface area contributed by atoms with Crippen molar-refractivity contribution in [2.24, 2.45) is 5.92 Å². The van der Waals surface area contributed by atoms with Crippen molar-refractivity contribution in [3.63, 3.8) is 0 Å². The first-order chi connectivity index (χ1) is 14.8. The Balaban J connectivity index is 1.92. The largest absolute Gasteiger partial charge is 0.462 e. The van der Waals surface area contributed by atoms with Gasteiger partial charge in [-0.1, -0.05) is 26.0 Å². The second-order valence-corrected chi connectivity index (χ2v) is 8.34. The number of para-hydroxylation sites is 1. The van der Waals surface area contributed by atoms with Gasteiger partial charge in [0.1, 0.15) is 23.2 Å². The molecule has 8 heteroatoms. The summed E-state index contributed by atoms with van der Waals surface area (Å²) in [7, 11) is 0. The van der Waals surface area contributed by atoms with Crippen LogP contribution < -0.4 is 10.7 Å². The summed E-state index contributed by atoms with van der Waals surface area (Å²) < 4.78 is 6.76. The first-order valence-corrected chi connectivity index (χ1v) is 10.8. The van der Waals surface area contributed by atoms with E-state index in [4.69, 9.17) is 4.74 Å². The number of hydrogen-bond acceptors (Lipinski definition) is 6. The minimum absolute atomic E-state index is 0.0333. The molecule has 3 rings (SSSR count). The fraction of sp³-hybridized carbons (Fsp3) is 0.304. The van der Waals surface area contributed by atoms with Crippen LogP contribution in [0.5, 0.6) is 0 Å². The molecule has 0 spiro atoms. The number of amides is 1. The molecule has 0 atom stereocenters. The van der Waals surface area contributed by atoms with Gasteiger partial charge in [-0.05, 0) is 42.3 Å². The average molecular weight is 438 g/mol. The highest BCUT2D eigenvalue weighted by atomic mass is 32.1. The maximum atomic E-state index is 12.8. The third-order valence-electron chi connectivity index (χ3n) is 4.65. The molecular weight excluding hydrogens is 414 g/mol. The number of rotatable bonds is 7. The summed E-state index contributed by atoms with van der Waals surface area (Å²) in [6, 6.07) is 8.71. The predicted octanol–water partition coefficient (Wildman–Crippen LogP) is 3.95. The maximum absolute atomic E-state index is 12.8. The van der Waals surface area contributed by atoms with E-state index in [2.05, 4.69) is 19.2 Å². The van der Waals surface area contributed by atoms with Crippen LogP contribution in [0, 0.1) is 17.2 Å². The summed E-state index contributed by atoms with van der Waals surface area (Å²) in [6.45, 7) is 5.97. The molecule has 0 saturated carbocycles. The van der Waals surface area contributed by atoms with Crippen molar-refractivity contribution >= 4 is 39.1 Å². The Labute approximate surface area is 183 Å². The highest BCUT2D eigenvalue weighted by molar-refractivity contribution is 7.15. The summed E-state index contributed by atoms with van der Waals surface area (Å²) in [5, 5.41) is 14.8. The number of benzene rings is 1. The third-order valence-corrected chi connectivity index (χ3v) is 5.59. The fourth-order valence-corrected chi connectivity index (χ4v) is 4.36. The van der Waals surface area contributed by atoms with E-state index >= 15 is 0 Å². The number of carbonyl (C=O) groups is 2. The van der Waals surface area contributed by atoms with Gasteiger partial charge in [0, 0.05) is 11.6 Å². The zero-order chi connectivity index (χ0) is 22.5. The highest BCUT2D eigenvalue weighted by Crippen LogP contribution is 2.31. The molecule has 160 valence electrons. The summed E-state index contributed by atoms with van der Waals surface area (Å²) in [4.78, 5) is 37.7. The van der Waals surface area contributed by atoms with Gasteiger partial charge in [-0.2, -0.15) is 5.26 Å². The Bertz CT molecular complexity index is 1230. The second kappa shape index (κ2) is 9.58. The number of pyridine rings is 1. The number of thiophene rings is 1. The molecule has 0 radical (unpaired) electrons. The van der Waals surface area contributed by atoms with Crippen LogP contribution in [0.1, 0.15) is 42.3 Å². The zero-order valence-corrected chi connectivity index (χ0v) is 18.4. The molecule has 2 aromatic heterocycles. The van der Waals surface area contributed by atoms with Crippen molar-refractivity contribution in [1.82, 2.24) is 4.57 Å². The van der Waals surface area contributed by atoms with Gasteiger partial charge in [0.15, 0.2) is 0 Å². The Kier molecular flexibility index (Phi) is 6.88. The molecule has 0 fully saturated rings. The summed E-state index contributed by atoms with van der Waals surface area (Å²) >= 11 is 1.28. The summed E-state index contributed by atoms with van der Waals surface area (Å²) in [5.74, 6) is -0.500. The molecule has 2 heterocycles. The molecule has 0 saturated heterocycles. The number of nitrogens with one attached hydrogen (secondary N) is 1. The number of esters is 1. The zero-order valence-electron chi connectivity index (χ0n) is 17.6. The monoisotopic (exact) mass is 437 g/mol. The number of nitriles is 1. The highest BCUT2D eigenvalue weighted by Gasteiger charge is 2.22. The van der Waals surface area contributed by atoms with E-state index < -0.39 is 5.97 Å². The Morgan fingerprint density at radius 1 is 1.29 bits per heavy atom. The van der Waals surface area contributed by atoms with Gasteiger partial charge in [0.2, 0.25) is 11.3 Å². The van der Waals surface area contributed by atoms with Crippen LogP contribution in [0.4, 0.5) is 5.00 Å². The third kappa shape index (κ3) is 4.84. The predicted molar refractivity (Wildman–Crippen MR) is 120 cm³/mol. The number of carbonyl (C=O) groups excluding carboxylic acids is 2. The molecule has 0 aliphatic heterocycles. The Morgan fingerprint density at radius 3 is 2.71 bits per heavy atom. The molecule has 0 unspecified atom stereocenters. The molecule has 0 aliphatic carbocycles. The lowest BCUT2D eigenvalue weighted by Gasteiger charge is -2.13. The van der Waals surface area contributed by atoms with Gasteiger partial charge in [0.25, 0.3) is 0 Å². The average Bonchev–Trinajstić information content (AvgIpc) is 3.11. The van der Waals surface area contributed by atoms with Crippen molar-refractivity contribution in [3.05, 3.63) is 62.8 Å². The van der Waals surface area contributed by atoms with Crippen molar-refractivity contribution in [3.8, 4) is 6.07 Å². The lowest BCUT2D eigenvalue weighted by atomic mass is 10.0. The topological polar surface area (TPSA) is 101 Å². The van der Waals surface area contributed by atoms with Crippen molar-refractivity contribution < 1.29 is 14.3 Å². The van der Waals surface area contributed by atoms with Crippen LogP contribution in [0.2, 0.25) is 0 Å². The SMILES string of the molecule is CCOC(=O)c1c(CC(C)C)csc1NC(=O)Cn1cc(C#N)c(=O)c2ccccc21. The number of hydrogen-bond donors (Lipinski definition) is 1. The van der Waals surface area contributed by atoms with Gasteiger partial charge in [0.05, 0.1) is 17.7 Å². The molecule has 0 bridgehead atoms. The normalized spacial score (nSPS) is 10.8. The van der Waals surface area contributed by atoms with Gasteiger partial charge >= 0.3 is 5.97 Å². The smallest absolute Gasteiger partial charge is 0.341 e. The van der Waals surface area contributed by atoms with Crippen molar-refractivity contribution in [1.29, 1.82) is 5.26 Å². The van der Waals surface area contributed by atoms with E-state index in [1.165, 1.54) is 17.5 Å². The molecule has 0 aliphatic rings. The molecule has 1 N–H and O–H groups in total. The fourth-order valence-electron chi connectivity index (χ4n) is 3.38. The van der Waals surface area contributed by atoms with E-state index in [1.807, 2.05) is 11.4 Å². The van der Waals surface area contributed by atoms with Crippen LogP contribution >= 0.6 is 11.3 Å². The maximum Gasteiger partial charge on any atom is 0.341 e. The summed E-state index contributed by atoms with van der Waals surface area (Å²) in [6.07, 6.45) is 2.07. The molecule has 1 aromatic carbocycles. The van der Waals surface area contributed by atoms with E-state index in [1.54, 1.807) is 35.8 Å². The Hall–Kier alpha value is -3.44. The molecule has 1 amide bonds. The van der Waals surface area contributed by atoms with Gasteiger partial charge in [-0.3, -0.25) is 9.59 Å². The standard InChI is InChI=1S/C23H23N3O4S/c1-4-30-23(29)20-15(9-14(2)3)13-31-22(20)25-19(27)12-26-11-16(10-24)21(28)17-7-5-6-8-18(17)26/h5-8,11,13-14H,4,9,12H2,1-3H3,(H,25,27). The van der Waals surface area contributed by atoms with Crippen LogP contribution in [-0.2, 0) is 22.5 Å². The lowest BCUT2D eigenvalue weighted by molar-refractivity contribution is -0.116. The number of nitrogens with zero attached hydrogens (tertiary/aromatic N) is 2. The van der Waals surface area contributed by atoms with E-state index in [-0.39, 0.29) is 30.1 Å². The van der Waals surface area contributed by atoms with E-state index in [9.17, 15) is 19.6 Å². The van der Waals surface area contributed by atoms with Crippen LogP contribution in [-0.4, -0.2) is 23.1 Å². The molecule has 3 aromatic rings. The summed E-state index contributed by atoms with van der Waals surface area (Å²) in [5.41, 5.74) is 1.38. The van der Waals surface area contributed by atoms with Gasteiger partial charge < -0.3 is 14.6 Å². The Morgan fingerprint density at radius 2 is 2.03 bits per heavy atom. The minimum atomic E-state index is -0.463. The second-order valence-electron chi connectivity index (χ2n) is 7.46.